The van der Waals surface area contributed by atoms with Gasteiger partial charge >= 0.3 is 0 Å². The summed E-state index contributed by atoms with van der Waals surface area (Å²) in [5.74, 6) is -0.106. The average molecular weight is 499 g/mol. The van der Waals surface area contributed by atoms with Gasteiger partial charge in [0.05, 0.1) is 16.9 Å². The fourth-order valence-electron chi connectivity index (χ4n) is 4.23. The van der Waals surface area contributed by atoms with Gasteiger partial charge in [0.25, 0.3) is 0 Å². The summed E-state index contributed by atoms with van der Waals surface area (Å²) in [5.41, 5.74) is 16.0. The molecule has 2 aromatic carbocycles. The molecule has 0 saturated carbocycles. The molecule has 3 aromatic rings. The van der Waals surface area contributed by atoms with Gasteiger partial charge in [0.1, 0.15) is 0 Å². The average Bonchev–Trinajstić information content (AvgIpc) is 2.83. The van der Waals surface area contributed by atoms with Crippen molar-refractivity contribution in [2.24, 2.45) is 0 Å². The summed E-state index contributed by atoms with van der Waals surface area (Å²) in [4.78, 5) is 19.6. The first-order valence-electron chi connectivity index (χ1n) is 11.8. The van der Waals surface area contributed by atoms with Crippen LogP contribution in [0.25, 0.3) is 22.0 Å². The molecule has 1 atom stereocenters. The number of carbonyl (C=O) groups is 1. The van der Waals surface area contributed by atoms with Gasteiger partial charge in [0, 0.05) is 41.1 Å². The van der Waals surface area contributed by atoms with Crippen molar-refractivity contribution in [3.63, 3.8) is 0 Å². The Hall–Kier alpha value is -3.69. The van der Waals surface area contributed by atoms with Gasteiger partial charge in [-0.25, -0.2) is 0 Å². The Labute approximate surface area is 216 Å². The van der Waals surface area contributed by atoms with Gasteiger partial charge in [-0.1, -0.05) is 37.4 Å². The van der Waals surface area contributed by atoms with Crippen molar-refractivity contribution in [3.05, 3.63) is 95.2 Å². The molecule has 36 heavy (non-hydrogen) atoms. The predicted octanol–water partition coefficient (Wildman–Crippen LogP) is 7.64. The largest absolute Gasteiger partial charge is 0.398 e. The molecule has 0 aliphatic heterocycles. The molecule has 1 unspecified atom stereocenters. The van der Waals surface area contributed by atoms with Crippen LogP contribution in [-0.2, 0) is 4.79 Å². The number of hydrogen-bond donors (Lipinski definition) is 2. The number of anilines is 3. The first-order chi connectivity index (χ1) is 17.0. The maximum absolute atomic E-state index is 13.2. The normalized spacial score (nSPS) is 12.2. The van der Waals surface area contributed by atoms with Crippen molar-refractivity contribution in [1.82, 2.24) is 4.98 Å². The molecule has 1 amide bonds. The molecule has 0 spiro atoms. The molecule has 0 aliphatic rings. The number of nitrogens with two attached hydrogens (primary N) is 1. The number of aryl methyl sites for hydroxylation is 2. The van der Waals surface area contributed by atoms with E-state index in [0.29, 0.717) is 5.69 Å². The third-order valence-electron chi connectivity index (χ3n) is 6.12. The topological polar surface area (TPSA) is 71.2 Å². The van der Waals surface area contributed by atoms with Crippen LogP contribution in [0, 0.1) is 13.8 Å². The van der Waals surface area contributed by atoms with Crippen molar-refractivity contribution in [2.45, 2.75) is 41.5 Å². The third kappa shape index (κ3) is 5.27. The van der Waals surface area contributed by atoms with Crippen molar-refractivity contribution < 1.29 is 4.79 Å². The van der Waals surface area contributed by atoms with Crippen LogP contribution in [0.4, 0.5) is 17.1 Å². The monoisotopic (exact) mass is 498 g/mol. The molecule has 0 aliphatic carbocycles. The van der Waals surface area contributed by atoms with E-state index in [2.05, 4.69) is 50.9 Å². The van der Waals surface area contributed by atoms with E-state index >= 15 is 0 Å². The van der Waals surface area contributed by atoms with Gasteiger partial charge in [-0.05, 0) is 80.4 Å². The number of amides is 1. The number of rotatable bonds is 7. The number of aromatic nitrogens is 1. The third-order valence-corrected chi connectivity index (χ3v) is 6.72. The number of pyridine rings is 1. The number of nitrogens with zero attached hydrogens (tertiary/aromatic N) is 2. The Bertz CT molecular complexity index is 1450. The Balaban J connectivity index is 2.39. The van der Waals surface area contributed by atoms with Crippen LogP contribution in [-0.4, -0.2) is 10.9 Å². The highest BCUT2D eigenvalue weighted by Crippen LogP contribution is 2.40. The van der Waals surface area contributed by atoms with Crippen LogP contribution in [0.3, 0.4) is 0 Å². The molecular formula is C30H35N4OP. The highest BCUT2D eigenvalue weighted by Gasteiger charge is 2.24. The van der Waals surface area contributed by atoms with Crippen molar-refractivity contribution in [3.8, 4) is 11.1 Å². The first-order valence-corrected chi connectivity index (χ1v) is 12.4. The highest BCUT2D eigenvalue weighted by atomic mass is 31.0. The predicted molar refractivity (Wildman–Crippen MR) is 159 cm³/mol. The maximum Gasteiger partial charge on any atom is 0.228 e. The fourth-order valence-corrected chi connectivity index (χ4v) is 4.59. The van der Waals surface area contributed by atoms with Gasteiger partial charge in [0.15, 0.2) is 0 Å². The minimum Gasteiger partial charge on any atom is -0.398 e. The lowest BCUT2D eigenvalue weighted by Crippen LogP contribution is -2.30. The van der Waals surface area contributed by atoms with Crippen molar-refractivity contribution in [2.75, 3.05) is 16.0 Å². The molecule has 1 aromatic heterocycles. The Morgan fingerprint density at radius 2 is 1.83 bits per heavy atom. The SMILES string of the molecule is C=C/C(C)=C(\C(P)=C/C)N(C(C)=O)c1c(C)cnc2cc(N)c(-c3ccc(C)c(NC(=C)C)c3)cc12. The van der Waals surface area contributed by atoms with E-state index in [1.807, 2.05) is 52.8 Å². The quantitative estimate of drug-likeness (QED) is 0.199. The summed E-state index contributed by atoms with van der Waals surface area (Å²) in [6.45, 7) is 19.3. The summed E-state index contributed by atoms with van der Waals surface area (Å²) in [6, 6.07) is 10.1. The van der Waals surface area contributed by atoms with Crippen LogP contribution in [0.2, 0.25) is 0 Å². The Morgan fingerprint density at radius 3 is 2.42 bits per heavy atom. The summed E-state index contributed by atoms with van der Waals surface area (Å²) >= 11 is 0. The minimum atomic E-state index is -0.106. The number of nitrogen functional groups attached to an aromatic ring is 1. The number of carbonyl (C=O) groups excluding carboxylic acids is 1. The molecule has 0 bridgehead atoms. The minimum absolute atomic E-state index is 0.106. The molecule has 186 valence electrons. The first kappa shape index (κ1) is 26.9. The molecule has 0 fully saturated rings. The number of benzene rings is 2. The Morgan fingerprint density at radius 1 is 1.14 bits per heavy atom. The summed E-state index contributed by atoms with van der Waals surface area (Å²) < 4.78 is 0. The number of nitrogens with one attached hydrogen (secondary N) is 1. The second kappa shape index (κ2) is 10.9. The Kier molecular flexibility index (Phi) is 8.17. The van der Waals surface area contributed by atoms with Crippen LogP contribution >= 0.6 is 9.24 Å². The lowest BCUT2D eigenvalue weighted by molar-refractivity contribution is -0.116. The van der Waals surface area contributed by atoms with Crippen LogP contribution in [0.5, 0.6) is 0 Å². The number of allylic oxidation sites excluding steroid dienone is 5. The van der Waals surface area contributed by atoms with E-state index in [9.17, 15) is 4.79 Å². The van der Waals surface area contributed by atoms with E-state index in [-0.39, 0.29) is 5.91 Å². The number of fused-ring (bicyclic) bond motifs is 1. The highest BCUT2D eigenvalue weighted by molar-refractivity contribution is 7.23. The zero-order valence-corrected chi connectivity index (χ0v) is 23.1. The zero-order chi connectivity index (χ0) is 26.7. The van der Waals surface area contributed by atoms with E-state index in [0.717, 1.165) is 66.8 Å². The number of hydrogen-bond acceptors (Lipinski definition) is 4. The zero-order valence-electron chi connectivity index (χ0n) is 22.0. The molecule has 3 N–H and O–H groups in total. The van der Waals surface area contributed by atoms with Gasteiger partial charge in [0.2, 0.25) is 5.91 Å². The second-order valence-corrected chi connectivity index (χ2v) is 9.64. The molecular weight excluding hydrogens is 463 g/mol. The fraction of sp³-hybridized carbons (Fsp3) is 0.200. The molecule has 0 saturated heterocycles. The maximum atomic E-state index is 13.2. The second-order valence-electron chi connectivity index (χ2n) is 9.02. The summed E-state index contributed by atoms with van der Waals surface area (Å²) in [5, 5.41) is 5.06. The lowest BCUT2D eigenvalue weighted by atomic mass is 9.97. The van der Waals surface area contributed by atoms with Gasteiger partial charge in [-0.2, -0.15) is 0 Å². The molecule has 1 heterocycles. The molecule has 6 heteroatoms. The van der Waals surface area contributed by atoms with Crippen LogP contribution < -0.4 is 16.0 Å². The molecule has 5 nitrogen and oxygen atoms in total. The van der Waals surface area contributed by atoms with E-state index < -0.39 is 0 Å². The van der Waals surface area contributed by atoms with E-state index in [1.54, 1.807) is 24.1 Å². The summed E-state index contributed by atoms with van der Waals surface area (Å²) in [6.07, 6.45) is 5.52. The van der Waals surface area contributed by atoms with E-state index in [1.165, 1.54) is 0 Å². The van der Waals surface area contributed by atoms with Gasteiger partial charge in [-0.15, -0.1) is 9.24 Å². The molecule has 0 radical (unpaired) electrons. The lowest BCUT2D eigenvalue weighted by Gasteiger charge is -2.29. The summed E-state index contributed by atoms with van der Waals surface area (Å²) in [7, 11) is 2.73. The van der Waals surface area contributed by atoms with Crippen molar-refractivity contribution >= 4 is 43.1 Å². The van der Waals surface area contributed by atoms with Gasteiger partial charge < -0.3 is 11.1 Å². The van der Waals surface area contributed by atoms with Crippen LogP contribution in [0.15, 0.2) is 84.1 Å². The van der Waals surface area contributed by atoms with Gasteiger partial charge in [-0.3, -0.25) is 14.7 Å². The van der Waals surface area contributed by atoms with Crippen molar-refractivity contribution in [1.29, 1.82) is 0 Å². The smallest absolute Gasteiger partial charge is 0.228 e. The van der Waals surface area contributed by atoms with E-state index in [4.69, 9.17) is 5.73 Å². The molecule has 3 rings (SSSR count). The standard InChI is InChI=1S/C30H35N4OP/c1-9-18(5)30(28(36)10-2)34(21(8)35)29-20(7)16-32-27-15-25(31)23(14-24(27)29)22-12-11-19(6)26(13-22)33-17(3)4/h9-16,33H,1,3,31,36H2,2,4-8H3/b28-10+,30-18+. The van der Waals surface area contributed by atoms with Crippen LogP contribution in [0.1, 0.15) is 38.8 Å².